The van der Waals surface area contributed by atoms with Gasteiger partial charge in [0.15, 0.2) is 5.13 Å². The Kier molecular flexibility index (Phi) is 4.60. The normalized spacial score (nSPS) is 18.6. The second-order valence-corrected chi connectivity index (χ2v) is 6.06. The number of esters is 1. The summed E-state index contributed by atoms with van der Waals surface area (Å²) in [5.41, 5.74) is 0.626. The summed E-state index contributed by atoms with van der Waals surface area (Å²) < 4.78 is 4.56. The molecule has 0 radical (unpaired) electrons. The van der Waals surface area contributed by atoms with Crippen molar-refractivity contribution in [3.05, 3.63) is 11.1 Å². The van der Waals surface area contributed by atoms with E-state index in [1.807, 2.05) is 0 Å². The third-order valence-electron chi connectivity index (χ3n) is 2.56. The fourth-order valence-corrected chi connectivity index (χ4v) is 3.51. The number of nitrogens with zero attached hydrogens (tertiary/aromatic N) is 1. The first kappa shape index (κ1) is 13.4. The van der Waals surface area contributed by atoms with Crippen LogP contribution in [0.3, 0.4) is 0 Å². The van der Waals surface area contributed by atoms with Crippen molar-refractivity contribution < 1.29 is 14.3 Å². The highest BCUT2D eigenvalue weighted by molar-refractivity contribution is 8.00. The Morgan fingerprint density at radius 1 is 1.61 bits per heavy atom. The summed E-state index contributed by atoms with van der Waals surface area (Å²) >= 11 is 3.01. The molecule has 1 saturated heterocycles. The van der Waals surface area contributed by atoms with E-state index in [0.717, 1.165) is 18.6 Å². The zero-order valence-electron chi connectivity index (χ0n) is 9.97. The van der Waals surface area contributed by atoms with E-state index in [4.69, 9.17) is 0 Å². The van der Waals surface area contributed by atoms with Crippen LogP contribution in [-0.2, 0) is 20.7 Å². The number of methoxy groups -OCH3 is 1. The number of hydrogen-bond donors (Lipinski definition) is 1. The lowest BCUT2D eigenvalue weighted by atomic mass is 10.2. The number of nitrogens with one attached hydrogen (secondary N) is 1. The van der Waals surface area contributed by atoms with E-state index >= 15 is 0 Å². The Morgan fingerprint density at radius 2 is 2.44 bits per heavy atom. The lowest BCUT2D eigenvalue weighted by Gasteiger charge is -2.06. The molecule has 0 spiro atoms. The van der Waals surface area contributed by atoms with E-state index in [9.17, 15) is 9.59 Å². The number of thioether (sulfide) groups is 1. The number of rotatable bonds is 4. The Morgan fingerprint density at radius 3 is 3.11 bits per heavy atom. The van der Waals surface area contributed by atoms with Crippen LogP contribution in [0.4, 0.5) is 5.13 Å². The summed E-state index contributed by atoms with van der Waals surface area (Å²) in [7, 11) is 1.34. The zero-order chi connectivity index (χ0) is 13.0. The first-order valence-electron chi connectivity index (χ1n) is 5.62. The highest BCUT2D eigenvalue weighted by Crippen LogP contribution is 2.27. The number of anilines is 1. The van der Waals surface area contributed by atoms with Gasteiger partial charge < -0.3 is 10.1 Å². The van der Waals surface area contributed by atoms with Crippen molar-refractivity contribution in [3.8, 4) is 0 Å². The second-order valence-electron chi connectivity index (χ2n) is 3.89. The summed E-state index contributed by atoms with van der Waals surface area (Å²) in [6, 6.07) is 0. The van der Waals surface area contributed by atoms with Crippen LogP contribution >= 0.6 is 23.1 Å². The van der Waals surface area contributed by atoms with Gasteiger partial charge in [0.2, 0.25) is 5.91 Å². The highest BCUT2D eigenvalue weighted by Gasteiger charge is 2.24. The van der Waals surface area contributed by atoms with Crippen molar-refractivity contribution >= 4 is 40.1 Å². The van der Waals surface area contributed by atoms with Gasteiger partial charge in [0.1, 0.15) is 0 Å². The third kappa shape index (κ3) is 3.46. The molecule has 1 atom stereocenters. The minimum atomic E-state index is -0.329. The van der Waals surface area contributed by atoms with Crippen molar-refractivity contribution in [2.75, 3.05) is 18.2 Å². The average Bonchev–Trinajstić information content (AvgIpc) is 3.00. The Bertz CT molecular complexity index is 441. The van der Waals surface area contributed by atoms with Gasteiger partial charge >= 0.3 is 5.97 Å². The molecule has 18 heavy (non-hydrogen) atoms. The highest BCUT2D eigenvalue weighted by atomic mass is 32.2. The molecule has 1 fully saturated rings. The van der Waals surface area contributed by atoms with Gasteiger partial charge in [-0.1, -0.05) is 0 Å². The molecule has 7 heteroatoms. The quantitative estimate of drug-likeness (QED) is 0.853. The van der Waals surface area contributed by atoms with Gasteiger partial charge in [-0.3, -0.25) is 9.59 Å². The molecule has 0 bridgehead atoms. The summed E-state index contributed by atoms with van der Waals surface area (Å²) in [6.07, 6.45) is 2.16. The zero-order valence-corrected chi connectivity index (χ0v) is 11.6. The number of thiazole rings is 1. The van der Waals surface area contributed by atoms with Crippen LogP contribution in [-0.4, -0.2) is 35.0 Å². The van der Waals surface area contributed by atoms with Gasteiger partial charge in [-0.25, -0.2) is 4.98 Å². The Hall–Kier alpha value is -1.08. The molecule has 1 amide bonds. The minimum absolute atomic E-state index is 0.0106. The van der Waals surface area contributed by atoms with E-state index in [1.165, 1.54) is 18.4 Å². The molecule has 2 heterocycles. The van der Waals surface area contributed by atoms with E-state index in [0.29, 0.717) is 10.8 Å². The topological polar surface area (TPSA) is 68.3 Å². The molecule has 1 N–H and O–H groups in total. The van der Waals surface area contributed by atoms with Crippen molar-refractivity contribution in [2.24, 2.45) is 0 Å². The molecule has 2 rings (SSSR count). The van der Waals surface area contributed by atoms with Crippen molar-refractivity contribution in [1.29, 1.82) is 0 Å². The van der Waals surface area contributed by atoms with Crippen molar-refractivity contribution in [3.63, 3.8) is 0 Å². The predicted octanol–water partition coefficient (Wildman–Crippen LogP) is 1.69. The fourth-order valence-electron chi connectivity index (χ4n) is 1.64. The maximum Gasteiger partial charge on any atom is 0.311 e. The molecule has 5 nitrogen and oxygen atoms in total. The number of ether oxygens (including phenoxy) is 1. The molecule has 0 aliphatic carbocycles. The number of amides is 1. The van der Waals surface area contributed by atoms with Gasteiger partial charge in [-0.05, 0) is 18.6 Å². The van der Waals surface area contributed by atoms with Crippen molar-refractivity contribution in [1.82, 2.24) is 4.98 Å². The summed E-state index contributed by atoms with van der Waals surface area (Å²) in [5, 5.41) is 5.14. The minimum Gasteiger partial charge on any atom is -0.469 e. The van der Waals surface area contributed by atoms with E-state index < -0.39 is 0 Å². The maximum atomic E-state index is 11.8. The lowest BCUT2D eigenvalue weighted by molar-refractivity contribution is -0.139. The first-order chi connectivity index (χ1) is 8.69. The Labute approximate surface area is 113 Å². The number of hydrogen-bond acceptors (Lipinski definition) is 6. The van der Waals surface area contributed by atoms with Crippen molar-refractivity contribution in [2.45, 2.75) is 24.5 Å². The molecule has 1 unspecified atom stereocenters. The predicted molar refractivity (Wildman–Crippen MR) is 71.9 cm³/mol. The van der Waals surface area contributed by atoms with E-state index in [2.05, 4.69) is 15.0 Å². The number of carbonyl (C=O) groups excluding carboxylic acids is 2. The molecule has 1 aliphatic heterocycles. The van der Waals surface area contributed by atoms with Crippen LogP contribution in [0.5, 0.6) is 0 Å². The third-order valence-corrected chi connectivity index (χ3v) is 4.74. The second kappa shape index (κ2) is 6.19. The van der Waals surface area contributed by atoms with Crippen LogP contribution in [0, 0.1) is 0 Å². The van der Waals surface area contributed by atoms with Crippen LogP contribution < -0.4 is 5.32 Å². The molecule has 0 saturated carbocycles. The van der Waals surface area contributed by atoms with Gasteiger partial charge in [0.05, 0.1) is 24.5 Å². The Balaban J connectivity index is 1.89. The smallest absolute Gasteiger partial charge is 0.311 e. The first-order valence-corrected chi connectivity index (χ1v) is 7.55. The number of aromatic nitrogens is 1. The standard InChI is InChI=1S/C11H14N2O3S2/c1-16-9(14)5-7-6-18-11(12-7)13-10(15)8-3-2-4-17-8/h6,8H,2-5H2,1H3,(H,12,13,15). The van der Waals surface area contributed by atoms with E-state index in [1.54, 1.807) is 17.1 Å². The summed E-state index contributed by atoms with van der Waals surface area (Å²) in [5.74, 6) is 0.727. The largest absolute Gasteiger partial charge is 0.469 e. The van der Waals surface area contributed by atoms with Gasteiger partial charge in [-0.2, -0.15) is 0 Å². The average molecular weight is 286 g/mol. The van der Waals surface area contributed by atoms with Crippen LogP contribution in [0.1, 0.15) is 18.5 Å². The summed E-state index contributed by atoms with van der Waals surface area (Å²) in [4.78, 5) is 27.1. The van der Waals surface area contributed by atoms with Crippen LogP contribution in [0.15, 0.2) is 5.38 Å². The molecule has 1 aromatic rings. The maximum absolute atomic E-state index is 11.8. The SMILES string of the molecule is COC(=O)Cc1csc(NC(=O)C2CCCS2)n1. The van der Waals surface area contributed by atoms with Crippen LogP contribution in [0.25, 0.3) is 0 Å². The van der Waals surface area contributed by atoms with Gasteiger partial charge in [0, 0.05) is 5.38 Å². The molecular weight excluding hydrogens is 272 g/mol. The molecule has 1 aromatic heterocycles. The molecular formula is C11H14N2O3S2. The molecule has 0 aromatic carbocycles. The fraction of sp³-hybridized carbons (Fsp3) is 0.545. The van der Waals surface area contributed by atoms with E-state index in [-0.39, 0.29) is 23.5 Å². The molecule has 98 valence electrons. The monoisotopic (exact) mass is 286 g/mol. The number of carbonyl (C=O) groups is 2. The lowest BCUT2D eigenvalue weighted by Crippen LogP contribution is -2.22. The van der Waals surface area contributed by atoms with Gasteiger partial charge in [0.25, 0.3) is 0 Å². The van der Waals surface area contributed by atoms with Gasteiger partial charge in [-0.15, -0.1) is 23.1 Å². The van der Waals surface area contributed by atoms with Crippen LogP contribution in [0.2, 0.25) is 0 Å². The summed E-state index contributed by atoms with van der Waals surface area (Å²) in [6.45, 7) is 0. The molecule has 1 aliphatic rings.